The molecule has 0 bridgehead atoms. The molecule has 10 heavy (non-hydrogen) atoms. The molecule has 0 radical (unpaired) electrons. The van der Waals surface area contributed by atoms with Crippen molar-refractivity contribution >= 4 is 0 Å². The zero-order valence-corrected chi connectivity index (χ0v) is 7.35. The summed E-state index contributed by atoms with van der Waals surface area (Å²) >= 11 is 0. The van der Waals surface area contributed by atoms with Crippen molar-refractivity contribution in [3.8, 4) is 0 Å². The molecule has 60 valence electrons. The third kappa shape index (κ3) is 1.34. The maximum absolute atomic E-state index is 3.56. The maximum atomic E-state index is 3.56. The van der Waals surface area contributed by atoms with Gasteiger partial charge in [-0.3, -0.25) is 0 Å². The van der Waals surface area contributed by atoms with E-state index in [1.807, 2.05) is 0 Å². The van der Waals surface area contributed by atoms with E-state index in [-0.39, 0.29) is 0 Å². The van der Waals surface area contributed by atoms with E-state index in [1.54, 1.807) is 0 Å². The smallest absolute Gasteiger partial charge is 0.00957 e. The first-order chi connectivity index (χ1) is 4.79. The highest BCUT2D eigenvalue weighted by Crippen LogP contribution is 2.26. The molecule has 1 fully saturated rings. The Labute approximate surface area is 64.2 Å². The Hall–Kier alpha value is -0.0400. The quantitative estimate of drug-likeness (QED) is 0.620. The lowest BCUT2D eigenvalue weighted by atomic mass is 9.89. The van der Waals surface area contributed by atoms with Gasteiger partial charge in [0.15, 0.2) is 0 Å². The molecule has 0 aromatic rings. The molecule has 1 aliphatic rings. The third-order valence-corrected chi connectivity index (χ3v) is 2.86. The second-order valence-electron chi connectivity index (χ2n) is 3.47. The summed E-state index contributed by atoms with van der Waals surface area (Å²) in [6.45, 7) is 8.17. The second kappa shape index (κ2) is 3.38. The standard InChI is InChI=1S/C9H19N/c1-4-8-7(3)6-10-9(8)5-2/h7-10H,4-6H2,1-3H3. The van der Waals surface area contributed by atoms with Gasteiger partial charge in [0.1, 0.15) is 0 Å². The molecule has 0 amide bonds. The normalized spacial score (nSPS) is 40.5. The van der Waals surface area contributed by atoms with E-state index in [0.717, 1.165) is 17.9 Å². The minimum Gasteiger partial charge on any atom is -0.313 e. The fourth-order valence-corrected chi connectivity index (χ4v) is 2.17. The van der Waals surface area contributed by atoms with Crippen LogP contribution >= 0.6 is 0 Å². The monoisotopic (exact) mass is 141 g/mol. The zero-order chi connectivity index (χ0) is 7.56. The summed E-state index contributed by atoms with van der Waals surface area (Å²) in [5.41, 5.74) is 0. The molecule has 3 unspecified atom stereocenters. The van der Waals surface area contributed by atoms with E-state index in [2.05, 4.69) is 26.1 Å². The second-order valence-corrected chi connectivity index (χ2v) is 3.47. The van der Waals surface area contributed by atoms with Crippen LogP contribution in [0.4, 0.5) is 0 Å². The molecule has 1 heteroatoms. The number of hydrogen-bond acceptors (Lipinski definition) is 1. The summed E-state index contributed by atoms with van der Waals surface area (Å²) in [5.74, 6) is 1.83. The van der Waals surface area contributed by atoms with E-state index in [0.29, 0.717) is 0 Å². The van der Waals surface area contributed by atoms with Gasteiger partial charge >= 0.3 is 0 Å². The van der Waals surface area contributed by atoms with Gasteiger partial charge in [-0.15, -0.1) is 0 Å². The van der Waals surface area contributed by atoms with Crippen molar-refractivity contribution in [1.82, 2.24) is 5.32 Å². The van der Waals surface area contributed by atoms with Crippen LogP contribution in [0.1, 0.15) is 33.6 Å². The van der Waals surface area contributed by atoms with Crippen molar-refractivity contribution < 1.29 is 0 Å². The van der Waals surface area contributed by atoms with Crippen LogP contribution in [0.3, 0.4) is 0 Å². The highest BCUT2D eigenvalue weighted by Gasteiger charge is 2.29. The van der Waals surface area contributed by atoms with E-state index < -0.39 is 0 Å². The molecule has 0 aliphatic carbocycles. The molecule has 0 aromatic heterocycles. The molecule has 1 aliphatic heterocycles. The van der Waals surface area contributed by atoms with Gasteiger partial charge in [0.2, 0.25) is 0 Å². The largest absolute Gasteiger partial charge is 0.313 e. The lowest BCUT2D eigenvalue weighted by Crippen LogP contribution is -2.25. The average molecular weight is 141 g/mol. The van der Waals surface area contributed by atoms with Gasteiger partial charge in [-0.05, 0) is 24.8 Å². The molecule has 1 rings (SSSR count). The highest BCUT2D eigenvalue weighted by molar-refractivity contribution is 4.86. The summed E-state index contributed by atoms with van der Waals surface area (Å²) in [7, 11) is 0. The third-order valence-electron chi connectivity index (χ3n) is 2.86. The van der Waals surface area contributed by atoms with Crippen LogP contribution < -0.4 is 5.32 Å². The molecule has 1 N–H and O–H groups in total. The van der Waals surface area contributed by atoms with Crippen LogP contribution in [-0.4, -0.2) is 12.6 Å². The lowest BCUT2D eigenvalue weighted by molar-refractivity contribution is 0.363. The highest BCUT2D eigenvalue weighted by atomic mass is 15.0. The zero-order valence-electron chi connectivity index (χ0n) is 7.35. The van der Waals surface area contributed by atoms with Crippen molar-refractivity contribution in [3.05, 3.63) is 0 Å². The van der Waals surface area contributed by atoms with Crippen molar-refractivity contribution in [1.29, 1.82) is 0 Å². The van der Waals surface area contributed by atoms with Crippen LogP contribution in [0.2, 0.25) is 0 Å². The number of nitrogens with one attached hydrogen (secondary N) is 1. The molecule has 0 saturated carbocycles. The minimum absolute atomic E-state index is 0.806. The molecule has 3 atom stereocenters. The molecular formula is C9H19N. The Morgan fingerprint density at radius 2 is 2.00 bits per heavy atom. The Bertz CT molecular complexity index is 101. The molecule has 0 aromatic carbocycles. The predicted octanol–water partition coefficient (Wildman–Crippen LogP) is 2.03. The van der Waals surface area contributed by atoms with Crippen LogP contribution in [0, 0.1) is 11.8 Å². The van der Waals surface area contributed by atoms with E-state index in [4.69, 9.17) is 0 Å². The fourth-order valence-electron chi connectivity index (χ4n) is 2.17. The van der Waals surface area contributed by atoms with E-state index in [1.165, 1.54) is 19.4 Å². The lowest BCUT2D eigenvalue weighted by Gasteiger charge is -2.18. The Morgan fingerprint density at radius 3 is 2.40 bits per heavy atom. The summed E-state index contributed by atoms with van der Waals surface area (Å²) in [5, 5.41) is 3.56. The fraction of sp³-hybridized carbons (Fsp3) is 1.00. The van der Waals surface area contributed by atoms with E-state index in [9.17, 15) is 0 Å². The molecule has 0 spiro atoms. The number of hydrogen-bond donors (Lipinski definition) is 1. The van der Waals surface area contributed by atoms with Gasteiger partial charge in [0.25, 0.3) is 0 Å². The van der Waals surface area contributed by atoms with Crippen molar-refractivity contribution in [3.63, 3.8) is 0 Å². The van der Waals surface area contributed by atoms with Crippen molar-refractivity contribution in [2.45, 2.75) is 39.7 Å². The van der Waals surface area contributed by atoms with Crippen LogP contribution in [-0.2, 0) is 0 Å². The summed E-state index contributed by atoms with van der Waals surface area (Å²) < 4.78 is 0. The predicted molar refractivity (Wildman–Crippen MR) is 45.0 cm³/mol. The molecule has 1 saturated heterocycles. The van der Waals surface area contributed by atoms with Crippen LogP contribution in [0.5, 0.6) is 0 Å². The van der Waals surface area contributed by atoms with Gasteiger partial charge in [-0.1, -0.05) is 27.2 Å². The Balaban J connectivity index is 2.45. The molecular weight excluding hydrogens is 122 g/mol. The van der Waals surface area contributed by atoms with Crippen molar-refractivity contribution in [2.75, 3.05) is 6.54 Å². The van der Waals surface area contributed by atoms with Gasteiger partial charge in [0.05, 0.1) is 0 Å². The summed E-state index contributed by atoms with van der Waals surface area (Å²) in [6.07, 6.45) is 2.63. The van der Waals surface area contributed by atoms with Crippen LogP contribution in [0.15, 0.2) is 0 Å². The first-order valence-corrected chi connectivity index (χ1v) is 4.53. The minimum atomic E-state index is 0.806. The summed E-state index contributed by atoms with van der Waals surface area (Å²) in [6, 6.07) is 0.806. The summed E-state index contributed by atoms with van der Waals surface area (Å²) in [4.78, 5) is 0. The SMILES string of the molecule is CCC1NCC(C)C1CC. The van der Waals surface area contributed by atoms with Gasteiger partial charge in [0, 0.05) is 6.04 Å². The average Bonchev–Trinajstić information content (AvgIpc) is 2.30. The maximum Gasteiger partial charge on any atom is 0.00957 e. The van der Waals surface area contributed by atoms with Gasteiger partial charge in [-0.25, -0.2) is 0 Å². The van der Waals surface area contributed by atoms with Gasteiger partial charge in [-0.2, -0.15) is 0 Å². The van der Waals surface area contributed by atoms with Crippen LogP contribution in [0.25, 0.3) is 0 Å². The first kappa shape index (κ1) is 8.06. The topological polar surface area (TPSA) is 12.0 Å². The molecule has 1 nitrogen and oxygen atoms in total. The molecule has 1 heterocycles. The Kier molecular flexibility index (Phi) is 2.72. The van der Waals surface area contributed by atoms with Crippen molar-refractivity contribution in [2.24, 2.45) is 11.8 Å². The number of rotatable bonds is 2. The van der Waals surface area contributed by atoms with Gasteiger partial charge < -0.3 is 5.32 Å². The van der Waals surface area contributed by atoms with E-state index >= 15 is 0 Å². The Morgan fingerprint density at radius 1 is 1.30 bits per heavy atom. The first-order valence-electron chi connectivity index (χ1n) is 4.53.